The number of hydrogen-bond donors (Lipinski definition) is 6. The van der Waals surface area contributed by atoms with Crippen LogP contribution in [0.1, 0.15) is 113 Å². The molecule has 3 aromatic heterocycles. The second kappa shape index (κ2) is 22.8. The minimum absolute atomic E-state index is 0.0564. The van der Waals surface area contributed by atoms with Crippen LogP contribution in [0.25, 0.3) is 10.9 Å². The molecule has 21 nitrogen and oxygen atoms in total. The summed E-state index contributed by atoms with van der Waals surface area (Å²) in [5.74, 6) is 0.344. The van der Waals surface area contributed by atoms with Crippen molar-refractivity contribution in [3.63, 3.8) is 0 Å². The molecule has 0 bridgehead atoms. The fourth-order valence-electron chi connectivity index (χ4n) is 9.88. The highest BCUT2D eigenvalue weighted by Crippen LogP contribution is 2.38. The Morgan fingerprint density at radius 1 is 0.921 bits per heavy atom. The van der Waals surface area contributed by atoms with Gasteiger partial charge in [0.2, 0.25) is 17.7 Å². The minimum atomic E-state index is -3.85. The van der Waals surface area contributed by atoms with Gasteiger partial charge in [-0.25, -0.2) is 28.4 Å². The van der Waals surface area contributed by atoms with E-state index in [4.69, 9.17) is 4.74 Å². The third kappa shape index (κ3) is 12.2. The molecule has 2 saturated heterocycles. The van der Waals surface area contributed by atoms with Crippen LogP contribution in [0.5, 0.6) is 5.75 Å². The van der Waals surface area contributed by atoms with Gasteiger partial charge in [0, 0.05) is 68.0 Å². The summed E-state index contributed by atoms with van der Waals surface area (Å²) in [7, 11) is -2.18. The van der Waals surface area contributed by atoms with Crippen molar-refractivity contribution in [2.75, 3.05) is 63.1 Å². The number of rotatable bonds is 17. The second-order valence-electron chi connectivity index (χ2n) is 22.3. The lowest BCUT2D eigenvalue weighted by atomic mass is 9.85. The van der Waals surface area contributed by atoms with Crippen molar-refractivity contribution in [2.24, 2.45) is 5.41 Å². The summed E-state index contributed by atoms with van der Waals surface area (Å²) >= 11 is 0. The first-order valence-electron chi connectivity index (χ1n) is 26.2. The maximum Gasteiger partial charge on any atom is 0.271 e. The highest BCUT2D eigenvalue weighted by Gasteiger charge is 2.46. The van der Waals surface area contributed by atoms with E-state index >= 15 is 0 Å². The third-order valence-electron chi connectivity index (χ3n) is 14.9. The number of sulfone groups is 1. The first kappa shape index (κ1) is 55.5. The Morgan fingerprint density at radius 2 is 1.67 bits per heavy atom. The number of ether oxygens (including phenoxy) is 1. The number of likely N-dealkylation sites (tertiary alicyclic amines) is 1. The van der Waals surface area contributed by atoms with Gasteiger partial charge >= 0.3 is 0 Å². The number of carbonyl (C=O) groups is 4. The molecule has 2 aromatic carbocycles. The van der Waals surface area contributed by atoms with Crippen molar-refractivity contribution in [3.8, 4) is 5.75 Å². The highest BCUT2D eigenvalue weighted by atomic mass is 32.2. The number of aromatic nitrogens is 6. The van der Waals surface area contributed by atoms with Crippen LogP contribution in [0, 0.1) is 19.3 Å². The van der Waals surface area contributed by atoms with Gasteiger partial charge < -0.3 is 41.1 Å². The Kier molecular flexibility index (Phi) is 16.7. The van der Waals surface area contributed by atoms with E-state index in [-0.39, 0.29) is 53.8 Å². The Morgan fingerprint density at radius 3 is 2.34 bits per heavy atom. The average molecular weight is 1060 g/mol. The molecule has 0 radical (unpaired) electrons. The number of nitrogens with one attached hydrogen (secondary N) is 6. The van der Waals surface area contributed by atoms with E-state index in [1.165, 1.54) is 23.0 Å². The van der Waals surface area contributed by atoms with Crippen molar-refractivity contribution in [1.29, 1.82) is 0 Å². The number of aromatic amines is 1. The van der Waals surface area contributed by atoms with Crippen LogP contribution < -0.4 is 36.2 Å². The van der Waals surface area contributed by atoms with Crippen LogP contribution in [0.15, 0.2) is 60.0 Å². The smallest absolute Gasteiger partial charge is 0.271 e. The van der Waals surface area contributed by atoms with E-state index in [1.54, 1.807) is 53.1 Å². The predicted octanol–water partition coefficient (Wildman–Crippen LogP) is 4.70. The number of likely N-dealkylation sites (N-methyl/N-ethyl adjacent to an activating group) is 1. The topological polar surface area (TPSA) is 262 Å². The Hall–Kier alpha value is -6.78. The number of hydrogen-bond acceptors (Lipinski definition) is 16. The Bertz CT molecular complexity index is 3040. The lowest BCUT2D eigenvalue weighted by Crippen LogP contribution is -2.59. The van der Waals surface area contributed by atoms with Gasteiger partial charge in [0.1, 0.15) is 46.4 Å². The van der Waals surface area contributed by atoms with Crippen LogP contribution in [0.2, 0.25) is 0 Å². The molecule has 408 valence electrons. The molecule has 1 aliphatic carbocycles. The molecular weight excluding hydrogens is 989 g/mol. The van der Waals surface area contributed by atoms with E-state index < -0.39 is 56.0 Å². The maximum atomic E-state index is 14.6. The van der Waals surface area contributed by atoms with Crippen LogP contribution >= 0.6 is 0 Å². The van der Waals surface area contributed by atoms with E-state index in [0.29, 0.717) is 54.4 Å². The number of nitrogens with zero attached hydrogens (tertiary/aromatic N) is 8. The van der Waals surface area contributed by atoms with Crippen molar-refractivity contribution >= 4 is 61.8 Å². The van der Waals surface area contributed by atoms with E-state index in [1.807, 2.05) is 52.8 Å². The zero-order valence-electron chi connectivity index (χ0n) is 45.4. The number of piperazine rings is 1. The predicted molar refractivity (Wildman–Crippen MR) is 290 cm³/mol. The van der Waals surface area contributed by atoms with Gasteiger partial charge in [0.15, 0.2) is 15.7 Å². The lowest BCUT2D eigenvalue weighted by molar-refractivity contribution is -0.144. The fourth-order valence-corrected chi connectivity index (χ4v) is 11.2. The molecular formula is C54H74N14O7S. The number of fused-ring (bicyclic) bond motifs is 2. The first-order chi connectivity index (χ1) is 36.0. The van der Waals surface area contributed by atoms with E-state index in [0.717, 1.165) is 49.2 Å². The van der Waals surface area contributed by atoms with Gasteiger partial charge in [0.05, 0.1) is 41.3 Å². The zero-order chi connectivity index (χ0) is 54.7. The van der Waals surface area contributed by atoms with Crippen molar-refractivity contribution in [2.45, 2.75) is 134 Å². The van der Waals surface area contributed by atoms with Gasteiger partial charge in [-0.3, -0.25) is 29.2 Å². The fraction of sp³-hybridized carbons (Fsp3) is 0.537. The van der Waals surface area contributed by atoms with Crippen LogP contribution in [0.3, 0.4) is 0 Å². The van der Waals surface area contributed by atoms with E-state index in [2.05, 4.69) is 72.6 Å². The Labute approximate surface area is 445 Å². The summed E-state index contributed by atoms with van der Waals surface area (Å²) in [5, 5.41) is 23.1. The molecule has 22 heteroatoms. The van der Waals surface area contributed by atoms with Crippen molar-refractivity contribution < 1.29 is 32.3 Å². The summed E-state index contributed by atoms with van der Waals surface area (Å²) in [4.78, 5) is 79.8. The van der Waals surface area contributed by atoms with Gasteiger partial charge in [-0.2, -0.15) is 5.10 Å². The number of aryl methyl sites for hydroxylation is 2. The van der Waals surface area contributed by atoms with Gasteiger partial charge in [-0.15, -0.1) is 0 Å². The zero-order valence-corrected chi connectivity index (χ0v) is 46.2. The van der Waals surface area contributed by atoms with Gasteiger partial charge in [-0.1, -0.05) is 45.0 Å². The molecule has 2 fully saturated rings. The molecule has 2 unspecified atom stereocenters. The number of anilines is 3. The monoisotopic (exact) mass is 1060 g/mol. The SMILES string of the molecule is CNC(C)C(=O)NC(C(=O)N1C[C@@H](NC(=O)c2cnc(N3CCN(CCCOc4cc5ncnc(Nc6n[nH]c(C)c6C)c5cc4S(=O)(=O)C(C)(C)C)CC3)cn2)C[C@H]1C(=O)N[C@@H]1CCCc2ccccc21)C(C)(C)C. The molecule has 5 atom stereocenters. The van der Waals surface area contributed by atoms with Crippen molar-refractivity contribution in [3.05, 3.63) is 83.2 Å². The molecule has 0 saturated carbocycles. The number of benzene rings is 2. The summed E-state index contributed by atoms with van der Waals surface area (Å²) in [6, 6.07) is 8.12. The normalized spacial score (nSPS) is 19.2. The van der Waals surface area contributed by atoms with E-state index in [9.17, 15) is 27.6 Å². The van der Waals surface area contributed by atoms with Gasteiger partial charge in [-0.05, 0) is 103 Å². The molecule has 4 amide bonds. The molecule has 3 aliphatic rings. The largest absolute Gasteiger partial charge is 0.492 e. The maximum absolute atomic E-state index is 14.6. The average Bonchev–Trinajstić information content (AvgIpc) is 3.96. The summed E-state index contributed by atoms with van der Waals surface area (Å²) in [5.41, 5.74) is 4.00. The quantitative estimate of drug-likeness (QED) is 0.0690. The van der Waals surface area contributed by atoms with Crippen LogP contribution in [-0.4, -0.2) is 154 Å². The third-order valence-corrected chi connectivity index (χ3v) is 17.4. The van der Waals surface area contributed by atoms with Crippen LogP contribution in [-0.2, 0) is 30.6 Å². The van der Waals surface area contributed by atoms with Crippen molar-refractivity contribution in [1.82, 2.24) is 61.2 Å². The molecule has 2 aliphatic heterocycles. The number of carbonyl (C=O) groups excluding carboxylic acids is 4. The molecule has 8 rings (SSSR count). The summed E-state index contributed by atoms with van der Waals surface area (Å²) in [6.45, 7) is 20.0. The van der Waals surface area contributed by atoms with Crippen LogP contribution in [0.4, 0.5) is 17.5 Å². The standard InChI is InChI=1S/C54H74N14O7S/c1-32-33(2)64-65-47(32)63-48-38-26-44(76(73,74)54(7,8)9)43(27-40(38)58-31-59-48)75-24-14-19-66-20-22-67(23-21-66)45-29-56-41(28-57-45)50(70)60-36-25-42(51(71)61-39-18-13-16-35-15-11-12-17-37(35)39)68(30-36)52(72)46(53(4,5)6)62-49(69)34(3)55-10/h11-12,15,17,26-29,31,34,36,39,42,46,55H,13-14,16,18-25,30H2,1-10H3,(H,60,70)(H,61,71)(H,62,69)(H2,58,59,63,64,65)/t34?,36-,39+,42-,46?/m0/s1. The summed E-state index contributed by atoms with van der Waals surface area (Å²) in [6.07, 6.45) is 7.86. The minimum Gasteiger partial charge on any atom is -0.492 e. The Balaban J connectivity index is 0.871. The molecule has 0 spiro atoms. The first-order valence-corrected chi connectivity index (χ1v) is 27.7. The molecule has 76 heavy (non-hydrogen) atoms. The number of amides is 4. The number of H-pyrrole nitrogens is 1. The second-order valence-corrected chi connectivity index (χ2v) is 24.9. The van der Waals surface area contributed by atoms with Gasteiger partial charge in [0.25, 0.3) is 5.91 Å². The molecule has 5 heterocycles. The highest BCUT2D eigenvalue weighted by molar-refractivity contribution is 7.92. The lowest BCUT2D eigenvalue weighted by Gasteiger charge is -2.36. The summed E-state index contributed by atoms with van der Waals surface area (Å²) < 4.78 is 33.1. The molecule has 5 aromatic rings. The molecule has 6 N–H and O–H groups in total.